The van der Waals surface area contributed by atoms with Crippen LogP contribution in [-0.4, -0.2) is 16.5 Å². The molecule has 4 nitrogen and oxygen atoms in total. The van der Waals surface area contributed by atoms with Crippen molar-refractivity contribution in [1.82, 2.24) is 0 Å². The van der Waals surface area contributed by atoms with Gasteiger partial charge >= 0.3 is 0 Å². The minimum atomic E-state index is -0.207. The highest BCUT2D eigenvalue weighted by Crippen LogP contribution is 2.29. The first-order valence-electron chi connectivity index (χ1n) is 5.39. The second-order valence-corrected chi connectivity index (χ2v) is 3.73. The summed E-state index contributed by atoms with van der Waals surface area (Å²) in [5.74, 6) is 0.0381. The molecule has 0 aliphatic heterocycles. The Morgan fingerprint density at radius 3 is 2.61 bits per heavy atom. The first-order valence-corrected chi connectivity index (χ1v) is 5.39. The van der Waals surface area contributed by atoms with Crippen molar-refractivity contribution < 1.29 is 19.7 Å². The average molecular weight is 244 g/mol. The Morgan fingerprint density at radius 1 is 1.06 bits per heavy atom. The SMILES string of the molecule is O=Cc1ccccc1OCc1cccc(O)c1O. The summed E-state index contributed by atoms with van der Waals surface area (Å²) in [5, 5.41) is 18.9. The predicted molar refractivity (Wildman–Crippen MR) is 65.9 cm³/mol. The molecule has 18 heavy (non-hydrogen) atoms. The van der Waals surface area contributed by atoms with Gasteiger partial charge in [0.2, 0.25) is 0 Å². The molecule has 0 amide bonds. The maximum Gasteiger partial charge on any atom is 0.164 e. The zero-order chi connectivity index (χ0) is 13.0. The van der Waals surface area contributed by atoms with Crippen molar-refractivity contribution in [2.24, 2.45) is 0 Å². The lowest BCUT2D eigenvalue weighted by atomic mass is 10.2. The van der Waals surface area contributed by atoms with Crippen molar-refractivity contribution in [3.8, 4) is 17.2 Å². The summed E-state index contributed by atoms with van der Waals surface area (Å²) in [6, 6.07) is 11.4. The third-order valence-electron chi connectivity index (χ3n) is 2.53. The fraction of sp³-hybridized carbons (Fsp3) is 0.0714. The lowest BCUT2D eigenvalue weighted by molar-refractivity contribution is 0.111. The van der Waals surface area contributed by atoms with Gasteiger partial charge in [0, 0.05) is 5.56 Å². The van der Waals surface area contributed by atoms with E-state index in [9.17, 15) is 15.0 Å². The van der Waals surface area contributed by atoms with E-state index in [4.69, 9.17) is 4.74 Å². The third-order valence-corrected chi connectivity index (χ3v) is 2.53. The monoisotopic (exact) mass is 244 g/mol. The minimum absolute atomic E-state index is 0.0745. The van der Waals surface area contributed by atoms with Gasteiger partial charge in [0.25, 0.3) is 0 Å². The van der Waals surface area contributed by atoms with Gasteiger partial charge in [-0.15, -0.1) is 0 Å². The molecule has 2 rings (SSSR count). The summed E-state index contributed by atoms with van der Waals surface area (Å²) in [6.07, 6.45) is 0.706. The van der Waals surface area contributed by atoms with Crippen molar-refractivity contribution >= 4 is 6.29 Å². The summed E-state index contributed by atoms with van der Waals surface area (Å²) >= 11 is 0. The smallest absolute Gasteiger partial charge is 0.164 e. The number of carbonyl (C=O) groups excluding carboxylic acids is 1. The van der Waals surface area contributed by atoms with Gasteiger partial charge in [-0.25, -0.2) is 0 Å². The van der Waals surface area contributed by atoms with Crippen LogP contribution in [0, 0.1) is 0 Å². The Labute approximate surface area is 104 Å². The first kappa shape index (κ1) is 12.0. The van der Waals surface area contributed by atoms with Crippen LogP contribution in [0.15, 0.2) is 42.5 Å². The second-order valence-electron chi connectivity index (χ2n) is 3.73. The van der Waals surface area contributed by atoms with Crippen LogP contribution in [0.3, 0.4) is 0 Å². The van der Waals surface area contributed by atoms with E-state index in [1.54, 1.807) is 36.4 Å². The van der Waals surface area contributed by atoms with E-state index in [0.29, 0.717) is 23.2 Å². The Morgan fingerprint density at radius 2 is 1.83 bits per heavy atom. The van der Waals surface area contributed by atoms with Crippen molar-refractivity contribution in [1.29, 1.82) is 0 Å². The average Bonchev–Trinajstić information content (AvgIpc) is 2.41. The molecular weight excluding hydrogens is 232 g/mol. The number of hydrogen-bond donors (Lipinski definition) is 2. The molecular formula is C14H12O4. The van der Waals surface area contributed by atoms with Crippen LogP contribution in [-0.2, 0) is 6.61 Å². The molecule has 2 N–H and O–H groups in total. The topological polar surface area (TPSA) is 66.8 Å². The highest BCUT2D eigenvalue weighted by Gasteiger charge is 2.07. The number of aromatic hydroxyl groups is 2. The Balaban J connectivity index is 2.16. The third kappa shape index (κ3) is 2.43. The normalized spacial score (nSPS) is 10.0. The van der Waals surface area contributed by atoms with Gasteiger partial charge in [0.05, 0.1) is 5.56 Å². The molecule has 2 aromatic carbocycles. The number of phenolic OH excluding ortho intramolecular Hbond substituents is 2. The Hall–Kier alpha value is -2.49. The van der Waals surface area contributed by atoms with Crippen molar-refractivity contribution in [2.45, 2.75) is 6.61 Å². The highest BCUT2D eigenvalue weighted by molar-refractivity contribution is 5.79. The fourth-order valence-corrected chi connectivity index (χ4v) is 1.56. The number of aldehydes is 1. The maximum absolute atomic E-state index is 10.8. The predicted octanol–water partition coefficient (Wildman–Crippen LogP) is 2.49. The summed E-state index contributed by atoms with van der Waals surface area (Å²) in [4.78, 5) is 10.8. The van der Waals surface area contributed by atoms with Gasteiger partial charge in [0.15, 0.2) is 17.8 Å². The van der Waals surface area contributed by atoms with Crippen LogP contribution < -0.4 is 4.74 Å². The quantitative estimate of drug-likeness (QED) is 0.640. The van der Waals surface area contributed by atoms with Crippen molar-refractivity contribution in [3.05, 3.63) is 53.6 Å². The summed E-state index contributed by atoms with van der Waals surface area (Å²) in [6.45, 7) is 0.0745. The molecule has 2 aromatic rings. The van der Waals surface area contributed by atoms with Gasteiger partial charge in [-0.2, -0.15) is 0 Å². The minimum Gasteiger partial charge on any atom is -0.504 e. The molecule has 92 valence electrons. The number of ether oxygens (including phenoxy) is 1. The van der Waals surface area contributed by atoms with Crippen LogP contribution in [0.5, 0.6) is 17.2 Å². The molecule has 0 heterocycles. The van der Waals surface area contributed by atoms with E-state index < -0.39 is 0 Å². The second kappa shape index (κ2) is 5.23. The van der Waals surface area contributed by atoms with E-state index in [0.717, 1.165) is 0 Å². The summed E-state index contributed by atoms with van der Waals surface area (Å²) in [5.41, 5.74) is 0.896. The fourth-order valence-electron chi connectivity index (χ4n) is 1.56. The highest BCUT2D eigenvalue weighted by atomic mass is 16.5. The van der Waals surface area contributed by atoms with Crippen LogP contribution in [0.25, 0.3) is 0 Å². The zero-order valence-electron chi connectivity index (χ0n) is 9.54. The van der Waals surface area contributed by atoms with Gasteiger partial charge in [0.1, 0.15) is 12.4 Å². The molecule has 0 saturated carbocycles. The van der Waals surface area contributed by atoms with E-state index in [1.807, 2.05) is 0 Å². The van der Waals surface area contributed by atoms with Crippen LogP contribution in [0.4, 0.5) is 0 Å². The van der Waals surface area contributed by atoms with Crippen molar-refractivity contribution in [3.63, 3.8) is 0 Å². The molecule has 4 heteroatoms. The standard InChI is InChI=1S/C14H12O4/c15-8-10-4-1-2-7-13(10)18-9-11-5-3-6-12(16)14(11)17/h1-8,16-17H,9H2. The number of benzene rings is 2. The summed E-state index contributed by atoms with van der Waals surface area (Å²) < 4.78 is 5.45. The van der Waals surface area contributed by atoms with Crippen LogP contribution in [0.1, 0.15) is 15.9 Å². The van der Waals surface area contributed by atoms with Crippen LogP contribution in [0.2, 0.25) is 0 Å². The number of hydrogen-bond acceptors (Lipinski definition) is 4. The molecule has 0 aliphatic carbocycles. The number of para-hydroxylation sites is 2. The number of carbonyl (C=O) groups is 1. The molecule has 0 unspecified atom stereocenters. The maximum atomic E-state index is 10.8. The number of rotatable bonds is 4. The van der Waals surface area contributed by atoms with E-state index in [2.05, 4.69) is 0 Å². The molecule has 0 saturated heterocycles. The molecule has 0 bridgehead atoms. The Kier molecular flexibility index (Phi) is 3.48. The van der Waals surface area contributed by atoms with Gasteiger partial charge < -0.3 is 14.9 Å². The number of phenols is 2. The van der Waals surface area contributed by atoms with Crippen molar-refractivity contribution in [2.75, 3.05) is 0 Å². The largest absolute Gasteiger partial charge is 0.504 e. The van der Waals surface area contributed by atoms with Gasteiger partial charge in [-0.05, 0) is 18.2 Å². The molecule has 0 aromatic heterocycles. The van der Waals surface area contributed by atoms with Gasteiger partial charge in [-0.1, -0.05) is 24.3 Å². The molecule has 0 fully saturated rings. The summed E-state index contributed by atoms with van der Waals surface area (Å²) in [7, 11) is 0. The molecule has 0 aliphatic rings. The van der Waals surface area contributed by atoms with Gasteiger partial charge in [-0.3, -0.25) is 4.79 Å². The van der Waals surface area contributed by atoms with E-state index in [1.165, 1.54) is 6.07 Å². The van der Waals surface area contributed by atoms with E-state index in [-0.39, 0.29) is 18.1 Å². The molecule has 0 radical (unpaired) electrons. The lowest BCUT2D eigenvalue weighted by Gasteiger charge is -2.10. The molecule has 0 spiro atoms. The van der Waals surface area contributed by atoms with E-state index >= 15 is 0 Å². The lowest BCUT2D eigenvalue weighted by Crippen LogP contribution is -1.98. The zero-order valence-corrected chi connectivity index (χ0v) is 9.54. The first-order chi connectivity index (χ1) is 8.72. The van der Waals surface area contributed by atoms with Crippen LogP contribution >= 0.6 is 0 Å². The molecule has 0 atom stereocenters. The Bertz CT molecular complexity index is 563.